The Bertz CT molecular complexity index is 324. The van der Waals surface area contributed by atoms with Crippen LogP contribution >= 0.6 is 0 Å². The third-order valence-electron chi connectivity index (χ3n) is 5.53. The van der Waals surface area contributed by atoms with Crippen molar-refractivity contribution < 1.29 is 4.79 Å². The summed E-state index contributed by atoms with van der Waals surface area (Å²) in [7, 11) is 0. The molecule has 0 unspecified atom stereocenters. The minimum atomic E-state index is 0.142. The summed E-state index contributed by atoms with van der Waals surface area (Å²) in [4.78, 5) is 16.6. The van der Waals surface area contributed by atoms with E-state index < -0.39 is 0 Å². The lowest BCUT2D eigenvalue weighted by Gasteiger charge is -2.39. The lowest BCUT2D eigenvalue weighted by atomic mass is 9.77. The molecule has 1 saturated carbocycles. The molecule has 0 aromatic carbocycles. The van der Waals surface area contributed by atoms with Crippen molar-refractivity contribution in [1.82, 2.24) is 9.80 Å². The molecule has 2 aliphatic rings. The number of carbonyl (C=O) groups is 1. The van der Waals surface area contributed by atoms with Crippen LogP contribution in [0.5, 0.6) is 0 Å². The maximum atomic E-state index is 12.0. The summed E-state index contributed by atoms with van der Waals surface area (Å²) in [6.45, 7) is 14.0. The van der Waals surface area contributed by atoms with Gasteiger partial charge in [-0.1, -0.05) is 27.7 Å². The zero-order chi connectivity index (χ0) is 15.4. The minimum absolute atomic E-state index is 0.142. The predicted octanol–water partition coefficient (Wildman–Crippen LogP) is 3.25. The lowest BCUT2D eigenvalue weighted by Crippen LogP contribution is -2.50. The highest BCUT2D eigenvalue weighted by atomic mass is 16.2. The minimum Gasteiger partial charge on any atom is -0.340 e. The van der Waals surface area contributed by atoms with E-state index >= 15 is 0 Å². The van der Waals surface area contributed by atoms with Gasteiger partial charge in [-0.15, -0.1) is 0 Å². The molecule has 1 amide bonds. The fourth-order valence-corrected chi connectivity index (χ4v) is 3.92. The van der Waals surface area contributed by atoms with E-state index in [2.05, 4.69) is 23.6 Å². The standard InChI is InChI=1S/C18H34N2O/c1-14(2)17-7-5-16(6-8-17)13-19-9-11-20(12-10-19)18(21)15(3)4/h14-17H,5-13H2,1-4H3/t16-,17+. The summed E-state index contributed by atoms with van der Waals surface area (Å²) in [5.74, 6) is 3.18. The smallest absolute Gasteiger partial charge is 0.225 e. The van der Waals surface area contributed by atoms with Crippen LogP contribution in [0.1, 0.15) is 53.4 Å². The number of hydrogen-bond acceptors (Lipinski definition) is 2. The molecule has 1 aliphatic heterocycles. The van der Waals surface area contributed by atoms with E-state index in [-0.39, 0.29) is 5.92 Å². The van der Waals surface area contributed by atoms with Gasteiger partial charge in [-0.25, -0.2) is 0 Å². The topological polar surface area (TPSA) is 23.6 Å². The SMILES string of the molecule is CC(C)C(=O)N1CCN(C[C@H]2CC[C@@H](C(C)C)CC2)CC1. The van der Waals surface area contributed by atoms with E-state index in [4.69, 9.17) is 0 Å². The normalized spacial score (nSPS) is 28.4. The van der Waals surface area contributed by atoms with Gasteiger partial charge in [0.15, 0.2) is 0 Å². The van der Waals surface area contributed by atoms with Crippen LogP contribution in [0.4, 0.5) is 0 Å². The molecule has 0 spiro atoms. The van der Waals surface area contributed by atoms with Crippen LogP contribution in [-0.2, 0) is 4.79 Å². The van der Waals surface area contributed by atoms with Crippen molar-refractivity contribution in [3.63, 3.8) is 0 Å². The fourth-order valence-electron chi connectivity index (χ4n) is 3.92. The van der Waals surface area contributed by atoms with E-state index in [0.29, 0.717) is 5.91 Å². The summed E-state index contributed by atoms with van der Waals surface area (Å²) in [5.41, 5.74) is 0. The highest BCUT2D eigenvalue weighted by Crippen LogP contribution is 2.33. The Kier molecular flexibility index (Phi) is 6.09. The second kappa shape index (κ2) is 7.62. The molecule has 21 heavy (non-hydrogen) atoms. The van der Waals surface area contributed by atoms with E-state index in [1.54, 1.807) is 0 Å². The number of nitrogens with zero attached hydrogens (tertiary/aromatic N) is 2. The summed E-state index contributed by atoms with van der Waals surface area (Å²) in [6.07, 6.45) is 5.67. The second-order valence-electron chi connectivity index (χ2n) is 7.81. The summed E-state index contributed by atoms with van der Waals surface area (Å²) in [6, 6.07) is 0. The highest BCUT2D eigenvalue weighted by Gasteiger charge is 2.27. The van der Waals surface area contributed by atoms with Crippen LogP contribution in [0.3, 0.4) is 0 Å². The molecule has 1 aliphatic carbocycles. The first-order valence-electron chi connectivity index (χ1n) is 8.98. The first kappa shape index (κ1) is 16.8. The molecule has 3 heteroatoms. The first-order valence-corrected chi connectivity index (χ1v) is 8.98. The molecule has 3 nitrogen and oxygen atoms in total. The van der Waals surface area contributed by atoms with Crippen molar-refractivity contribution in [2.45, 2.75) is 53.4 Å². The van der Waals surface area contributed by atoms with Crippen LogP contribution in [0.25, 0.3) is 0 Å². The Balaban J connectivity index is 1.69. The Morgan fingerprint density at radius 2 is 1.52 bits per heavy atom. The molecular weight excluding hydrogens is 260 g/mol. The Hall–Kier alpha value is -0.570. The molecule has 0 aromatic heterocycles. The van der Waals surface area contributed by atoms with Crippen molar-refractivity contribution in [3.05, 3.63) is 0 Å². The van der Waals surface area contributed by atoms with Gasteiger partial charge in [0.2, 0.25) is 5.91 Å². The highest BCUT2D eigenvalue weighted by molar-refractivity contribution is 5.78. The molecule has 2 rings (SSSR count). The fraction of sp³-hybridized carbons (Fsp3) is 0.944. The molecule has 1 saturated heterocycles. The molecule has 1 heterocycles. The number of hydrogen-bond donors (Lipinski definition) is 0. The van der Waals surface area contributed by atoms with Crippen LogP contribution in [-0.4, -0.2) is 48.4 Å². The third kappa shape index (κ3) is 4.70. The molecule has 0 atom stereocenters. The van der Waals surface area contributed by atoms with Crippen molar-refractivity contribution >= 4 is 5.91 Å². The maximum Gasteiger partial charge on any atom is 0.225 e. The predicted molar refractivity (Wildman–Crippen MR) is 88.1 cm³/mol. The summed E-state index contributed by atoms with van der Waals surface area (Å²) >= 11 is 0. The quantitative estimate of drug-likeness (QED) is 0.794. The molecule has 122 valence electrons. The van der Waals surface area contributed by atoms with Crippen LogP contribution in [0.15, 0.2) is 0 Å². The molecule has 0 radical (unpaired) electrons. The van der Waals surface area contributed by atoms with Crippen LogP contribution < -0.4 is 0 Å². The van der Waals surface area contributed by atoms with E-state index in [1.807, 2.05) is 13.8 Å². The zero-order valence-electron chi connectivity index (χ0n) is 14.5. The maximum absolute atomic E-state index is 12.0. The number of rotatable bonds is 4. The van der Waals surface area contributed by atoms with Crippen LogP contribution in [0, 0.1) is 23.7 Å². The van der Waals surface area contributed by atoms with Crippen molar-refractivity contribution in [1.29, 1.82) is 0 Å². The number of amides is 1. The Labute approximate surface area is 131 Å². The van der Waals surface area contributed by atoms with Gasteiger partial charge in [-0.05, 0) is 43.4 Å². The van der Waals surface area contributed by atoms with Crippen molar-refractivity contribution in [2.24, 2.45) is 23.7 Å². The summed E-state index contributed by atoms with van der Waals surface area (Å²) < 4.78 is 0. The van der Waals surface area contributed by atoms with Gasteiger partial charge in [0, 0.05) is 38.6 Å². The molecule has 0 N–H and O–H groups in total. The average Bonchev–Trinajstić information content (AvgIpc) is 2.47. The van der Waals surface area contributed by atoms with Crippen LogP contribution in [0.2, 0.25) is 0 Å². The van der Waals surface area contributed by atoms with Gasteiger partial charge < -0.3 is 4.90 Å². The first-order chi connectivity index (χ1) is 9.97. The zero-order valence-corrected chi connectivity index (χ0v) is 14.5. The summed E-state index contributed by atoms with van der Waals surface area (Å²) in [5, 5.41) is 0. The molecule has 2 fully saturated rings. The van der Waals surface area contributed by atoms with Crippen molar-refractivity contribution in [3.8, 4) is 0 Å². The van der Waals surface area contributed by atoms with Gasteiger partial charge in [0.1, 0.15) is 0 Å². The van der Waals surface area contributed by atoms with E-state index in [9.17, 15) is 4.79 Å². The van der Waals surface area contributed by atoms with E-state index in [1.165, 1.54) is 32.2 Å². The largest absolute Gasteiger partial charge is 0.340 e. The number of piperazine rings is 1. The van der Waals surface area contributed by atoms with Gasteiger partial charge in [-0.3, -0.25) is 9.69 Å². The number of carbonyl (C=O) groups excluding carboxylic acids is 1. The van der Waals surface area contributed by atoms with E-state index in [0.717, 1.165) is 43.9 Å². The van der Waals surface area contributed by atoms with Gasteiger partial charge in [0.05, 0.1) is 0 Å². The van der Waals surface area contributed by atoms with Gasteiger partial charge in [-0.2, -0.15) is 0 Å². The second-order valence-corrected chi connectivity index (χ2v) is 7.81. The lowest BCUT2D eigenvalue weighted by molar-refractivity contribution is -0.136. The molecular formula is C18H34N2O. The van der Waals surface area contributed by atoms with Gasteiger partial charge >= 0.3 is 0 Å². The average molecular weight is 294 g/mol. The van der Waals surface area contributed by atoms with Crippen molar-refractivity contribution in [2.75, 3.05) is 32.7 Å². The molecule has 0 aromatic rings. The monoisotopic (exact) mass is 294 g/mol. The Morgan fingerprint density at radius 1 is 0.952 bits per heavy atom. The van der Waals surface area contributed by atoms with Gasteiger partial charge in [0.25, 0.3) is 0 Å². The third-order valence-corrected chi connectivity index (χ3v) is 5.53. The molecule has 0 bridgehead atoms. The Morgan fingerprint density at radius 3 is 2.00 bits per heavy atom.